The molecule has 0 aromatic heterocycles. The van der Waals surface area contributed by atoms with E-state index in [0.29, 0.717) is 5.92 Å². The molecule has 96 valence electrons. The second-order valence-electron chi connectivity index (χ2n) is 6.07. The van der Waals surface area contributed by atoms with E-state index in [-0.39, 0.29) is 0 Å². The van der Waals surface area contributed by atoms with Crippen molar-refractivity contribution in [1.29, 1.82) is 0 Å². The van der Waals surface area contributed by atoms with Gasteiger partial charge in [0.05, 0.1) is 0 Å². The van der Waals surface area contributed by atoms with Crippen LogP contribution < -0.4 is 5.73 Å². The predicted molar refractivity (Wildman–Crippen MR) is 71.5 cm³/mol. The molecule has 2 N–H and O–H groups in total. The summed E-state index contributed by atoms with van der Waals surface area (Å²) >= 11 is 0. The maximum atomic E-state index is 5.88. The predicted octanol–water partition coefficient (Wildman–Crippen LogP) is 2.73. The van der Waals surface area contributed by atoms with Crippen molar-refractivity contribution in [3.63, 3.8) is 0 Å². The SMILES string of the molecule is CC(C)CC(CN)CN1CCCC(C)CC1. The van der Waals surface area contributed by atoms with Gasteiger partial charge in [-0.05, 0) is 63.1 Å². The topological polar surface area (TPSA) is 29.3 Å². The van der Waals surface area contributed by atoms with Crippen molar-refractivity contribution in [2.75, 3.05) is 26.2 Å². The van der Waals surface area contributed by atoms with Gasteiger partial charge in [-0.25, -0.2) is 0 Å². The van der Waals surface area contributed by atoms with E-state index in [4.69, 9.17) is 5.73 Å². The van der Waals surface area contributed by atoms with Gasteiger partial charge in [-0.15, -0.1) is 0 Å². The summed E-state index contributed by atoms with van der Waals surface area (Å²) in [6.07, 6.45) is 5.44. The van der Waals surface area contributed by atoms with E-state index in [0.717, 1.165) is 18.4 Å². The van der Waals surface area contributed by atoms with Crippen LogP contribution in [-0.2, 0) is 0 Å². The first-order valence-electron chi connectivity index (χ1n) is 7.04. The van der Waals surface area contributed by atoms with Gasteiger partial charge in [0, 0.05) is 6.54 Å². The van der Waals surface area contributed by atoms with Crippen LogP contribution in [0.5, 0.6) is 0 Å². The van der Waals surface area contributed by atoms with Crippen molar-refractivity contribution in [3.8, 4) is 0 Å². The molecule has 1 fully saturated rings. The molecule has 2 heteroatoms. The minimum atomic E-state index is 0.702. The summed E-state index contributed by atoms with van der Waals surface area (Å²) in [4.78, 5) is 2.64. The molecule has 1 heterocycles. The lowest BCUT2D eigenvalue weighted by molar-refractivity contribution is 0.222. The molecule has 2 nitrogen and oxygen atoms in total. The van der Waals surface area contributed by atoms with Crippen LogP contribution in [0.15, 0.2) is 0 Å². The van der Waals surface area contributed by atoms with Crippen LogP contribution in [0.4, 0.5) is 0 Å². The van der Waals surface area contributed by atoms with E-state index in [1.54, 1.807) is 0 Å². The van der Waals surface area contributed by atoms with Crippen molar-refractivity contribution < 1.29 is 0 Å². The second kappa shape index (κ2) is 7.29. The van der Waals surface area contributed by atoms with Crippen LogP contribution in [0, 0.1) is 17.8 Å². The molecule has 0 bridgehead atoms. The standard InChI is InChI=1S/C14H30N2/c1-12(2)9-14(10-15)11-16-7-4-5-13(3)6-8-16/h12-14H,4-11,15H2,1-3H3. The molecule has 0 spiro atoms. The molecular formula is C14H30N2. The lowest BCUT2D eigenvalue weighted by atomic mass is 9.96. The van der Waals surface area contributed by atoms with Gasteiger partial charge >= 0.3 is 0 Å². The quantitative estimate of drug-likeness (QED) is 0.781. The lowest BCUT2D eigenvalue weighted by Crippen LogP contribution is -2.34. The zero-order valence-corrected chi connectivity index (χ0v) is 11.4. The normalized spacial score (nSPS) is 25.7. The molecule has 1 aliphatic rings. The number of hydrogen-bond acceptors (Lipinski definition) is 2. The maximum Gasteiger partial charge on any atom is 0.00218 e. The average molecular weight is 226 g/mol. The highest BCUT2D eigenvalue weighted by molar-refractivity contribution is 4.72. The molecule has 16 heavy (non-hydrogen) atoms. The van der Waals surface area contributed by atoms with Crippen LogP contribution in [0.2, 0.25) is 0 Å². The summed E-state index contributed by atoms with van der Waals surface area (Å²) < 4.78 is 0. The third-order valence-electron chi connectivity index (χ3n) is 3.76. The number of nitrogens with two attached hydrogens (primary N) is 1. The third-order valence-corrected chi connectivity index (χ3v) is 3.76. The molecule has 0 aliphatic carbocycles. The summed E-state index contributed by atoms with van der Waals surface area (Å²) in [5, 5.41) is 0. The second-order valence-corrected chi connectivity index (χ2v) is 6.07. The van der Waals surface area contributed by atoms with E-state index in [1.807, 2.05) is 0 Å². The molecular weight excluding hydrogens is 196 g/mol. The van der Waals surface area contributed by atoms with Crippen LogP contribution in [0.25, 0.3) is 0 Å². The Balaban J connectivity index is 2.32. The summed E-state index contributed by atoms with van der Waals surface area (Å²) in [7, 11) is 0. The molecule has 2 unspecified atom stereocenters. The molecule has 1 aliphatic heterocycles. The van der Waals surface area contributed by atoms with E-state index in [2.05, 4.69) is 25.7 Å². The van der Waals surface area contributed by atoms with Crippen LogP contribution in [-0.4, -0.2) is 31.1 Å². The Labute approximate surface area is 102 Å². The molecule has 2 atom stereocenters. The fourth-order valence-corrected chi connectivity index (χ4v) is 2.78. The Morgan fingerprint density at radius 2 is 2.00 bits per heavy atom. The highest BCUT2D eigenvalue weighted by atomic mass is 15.1. The van der Waals surface area contributed by atoms with Crippen molar-refractivity contribution in [2.45, 2.75) is 46.5 Å². The Hall–Kier alpha value is -0.0800. The van der Waals surface area contributed by atoms with E-state index in [1.165, 1.54) is 45.3 Å². The third kappa shape index (κ3) is 5.31. The van der Waals surface area contributed by atoms with Crippen LogP contribution >= 0.6 is 0 Å². The molecule has 0 saturated carbocycles. The first-order valence-corrected chi connectivity index (χ1v) is 7.04. The van der Waals surface area contributed by atoms with Crippen molar-refractivity contribution in [3.05, 3.63) is 0 Å². The lowest BCUT2D eigenvalue weighted by Gasteiger charge is -2.26. The van der Waals surface area contributed by atoms with Gasteiger partial charge in [0.15, 0.2) is 0 Å². The Kier molecular flexibility index (Phi) is 6.37. The Bertz CT molecular complexity index is 180. The van der Waals surface area contributed by atoms with Gasteiger partial charge < -0.3 is 10.6 Å². The van der Waals surface area contributed by atoms with Crippen molar-refractivity contribution >= 4 is 0 Å². The minimum absolute atomic E-state index is 0.702. The number of nitrogens with zero attached hydrogens (tertiary/aromatic N) is 1. The highest BCUT2D eigenvalue weighted by Crippen LogP contribution is 2.19. The monoisotopic (exact) mass is 226 g/mol. The Morgan fingerprint density at radius 1 is 1.25 bits per heavy atom. The zero-order chi connectivity index (χ0) is 12.0. The van der Waals surface area contributed by atoms with Gasteiger partial charge in [-0.2, -0.15) is 0 Å². The Morgan fingerprint density at radius 3 is 2.62 bits per heavy atom. The van der Waals surface area contributed by atoms with Crippen LogP contribution in [0.3, 0.4) is 0 Å². The fraction of sp³-hybridized carbons (Fsp3) is 1.00. The average Bonchev–Trinajstić information content (AvgIpc) is 2.42. The van der Waals surface area contributed by atoms with Gasteiger partial charge in [0.1, 0.15) is 0 Å². The van der Waals surface area contributed by atoms with E-state index >= 15 is 0 Å². The molecule has 0 radical (unpaired) electrons. The summed E-state index contributed by atoms with van der Waals surface area (Å²) in [5.41, 5.74) is 5.88. The number of likely N-dealkylation sites (tertiary alicyclic amines) is 1. The first-order chi connectivity index (χ1) is 7.61. The summed E-state index contributed by atoms with van der Waals surface area (Å²) in [5.74, 6) is 2.40. The largest absolute Gasteiger partial charge is 0.330 e. The highest BCUT2D eigenvalue weighted by Gasteiger charge is 2.17. The molecule has 1 saturated heterocycles. The minimum Gasteiger partial charge on any atom is -0.330 e. The van der Waals surface area contributed by atoms with E-state index in [9.17, 15) is 0 Å². The van der Waals surface area contributed by atoms with Gasteiger partial charge in [-0.3, -0.25) is 0 Å². The number of rotatable bonds is 5. The number of hydrogen-bond donors (Lipinski definition) is 1. The zero-order valence-electron chi connectivity index (χ0n) is 11.4. The van der Waals surface area contributed by atoms with Gasteiger partial charge in [-0.1, -0.05) is 20.8 Å². The van der Waals surface area contributed by atoms with Crippen molar-refractivity contribution in [1.82, 2.24) is 4.90 Å². The van der Waals surface area contributed by atoms with Gasteiger partial charge in [0.2, 0.25) is 0 Å². The van der Waals surface area contributed by atoms with E-state index < -0.39 is 0 Å². The fourth-order valence-electron chi connectivity index (χ4n) is 2.78. The summed E-state index contributed by atoms with van der Waals surface area (Å²) in [6.45, 7) is 11.6. The summed E-state index contributed by atoms with van der Waals surface area (Å²) in [6, 6.07) is 0. The molecule has 0 amide bonds. The van der Waals surface area contributed by atoms with Gasteiger partial charge in [0.25, 0.3) is 0 Å². The molecule has 0 aromatic carbocycles. The molecule has 0 aromatic rings. The molecule has 1 rings (SSSR count). The first kappa shape index (κ1) is 14.0. The smallest absolute Gasteiger partial charge is 0.00218 e. The van der Waals surface area contributed by atoms with Crippen molar-refractivity contribution in [2.24, 2.45) is 23.5 Å². The maximum absolute atomic E-state index is 5.88. The van der Waals surface area contributed by atoms with Crippen LogP contribution in [0.1, 0.15) is 46.5 Å².